The molecule has 3 rings (SSSR count). The third kappa shape index (κ3) is 5.88. The van der Waals surface area contributed by atoms with Crippen molar-refractivity contribution in [2.24, 2.45) is 0 Å². The van der Waals surface area contributed by atoms with Crippen molar-refractivity contribution in [2.75, 3.05) is 12.4 Å². The third-order valence-corrected chi connectivity index (χ3v) is 4.06. The molecule has 3 N–H and O–H groups in total. The summed E-state index contributed by atoms with van der Waals surface area (Å²) in [6.07, 6.45) is 1.71. The monoisotopic (exact) mass is 406 g/mol. The van der Waals surface area contributed by atoms with Gasteiger partial charge in [0.15, 0.2) is 17.7 Å². The number of hydrazine groups is 1. The van der Waals surface area contributed by atoms with Gasteiger partial charge in [-0.25, -0.2) is 4.79 Å². The van der Waals surface area contributed by atoms with E-state index in [0.29, 0.717) is 22.2 Å². The first-order chi connectivity index (χ1) is 14.2. The van der Waals surface area contributed by atoms with Gasteiger partial charge in [-0.15, -0.1) is 10.5 Å². The number of hydrazone groups is 1. The van der Waals surface area contributed by atoms with Crippen LogP contribution in [0.4, 0.5) is 5.69 Å². The van der Waals surface area contributed by atoms with Gasteiger partial charge in [-0.05, 0) is 54.7 Å². The van der Waals surface area contributed by atoms with E-state index in [1.807, 2.05) is 36.4 Å². The molecule has 146 valence electrons. The highest BCUT2D eigenvalue weighted by molar-refractivity contribution is 7.80. The summed E-state index contributed by atoms with van der Waals surface area (Å²) in [5, 5.41) is 6.39. The van der Waals surface area contributed by atoms with E-state index in [0.717, 1.165) is 11.3 Å². The van der Waals surface area contributed by atoms with Crippen molar-refractivity contribution in [1.82, 2.24) is 5.43 Å². The van der Waals surface area contributed by atoms with Gasteiger partial charge in [0.05, 0.1) is 12.7 Å². The maximum Gasteiger partial charge on any atom is 0.343 e. The van der Waals surface area contributed by atoms with Crippen LogP contribution < -0.4 is 25.3 Å². The van der Waals surface area contributed by atoms with Crippen LogP contribution in [0, 0.1) is 0 Å². The van der Waals surface area contributed by atoms with Crippen LogP contribution >= 0.6 is 12.2 Å². The molecule has 0 unspecified atom stereocenters. The lowest BCUT2D eigenvalue weighted by Gasteiger charge is -2.09. The maximum absolute atomic E-state index is 12.2. The van der Waals surface area contributed by atoms with Crippen LogP contribution in [-0.2, 0) is 0 Å². The zero-order chi connectivity index (χ0) is 20.5. The largest absolute Gasteiger partial charge is 0.493 e. The van der Waals surface area contributed by atoms with Crippen molar-refractivity contribution in [1.29, 1.82) is 0 Å². The molecule has 0 aliphatic heterocycles. The summed E-state index contributed by atoms with van der Waals surface area (Å²) in [5.74, 6) is 0.334. The van der Waals surface area contributed by atoms with Crippen molar-refractivity contribution in [3.8, 4) is 11.5 Å². The number of ether oxygens (including phenoxy) is 2. The molecule has 0 atom stereocenters. The number of carbonyl (C=O) groups excluding carboxylic acids is 1. The Bertz CT molecular complexity index is 1010. The van der Waals surface area contributed by atoms with Gasteiger partial charge in [-0.3, -0.25) is 0 Å². The number of esters is 1. The lowest BCUT2D eigenvalue weighted by molar-refractivity contribution is -0.499. The minimum Gasteiger partial charge on any atom is -0.493 e. The molecule has 7 heteroatoms. The summed E-state index contributed by atoms with van der Waals surface area (Å²) < 4.78 is 10.8. The molecular formula is C22H20N3O3S+. The van der Waals surface area contributed by atoms with Gasteiger partial charge in [-0.1, -0.05) is 36.4 Å². The maximum atomic E-state index is 12.2. The molecule has 0 heterocycles. The summed E-state index contributed by atoms with van der Waals surface area (Å²) in [7, 11) is 1.52. The first-order valence-corrected chi connectivity index (χ1v) is 9.22. The van der Waals surface area contributed by atoms with Crippen molar-refractivity contribution in [3.05, 3.63) is 90.0 Å². The van der Waals surface area contributed by atoms with E-state index in [2.05, 4.69) is 15.8 Å². The number of hydrogen-bond donors (Lipinski definition) is 3. The number of nitrogens with one attached hydrogen (secondary N) is 3. The van der Waals surface area contributed by atoms with E-state index >= 15 is 0 Å². The molecule has 6 nitrogen and oxygen atoms in total. The molecule has 0 radical (unpaired) electrons. The van der Waals surface area contributed by atoms with Crippen LogP contribution in [0.1, 0.15) is 15.9 Å². The van der Waals surface area contributed by atoms with Crippen LogP contribution in [0.3, 0.4) is 0 Å². The summed E-state index contributed by atoms with van der Waals surface area (Å²) >= 11 is 5.23. The van der Waals surface area contributed by atoms with E-state index in [9.17, 15) is 4.79 Å². The van der Waals surface area contributed by atoms with E-state index in [-0.39, 0.29) is 0 Å². The smallest absolute Gasteiger partial charge is 0.343 e. The highest BCUT2D eigenvalue weighted by Crippen LogP contribution is 2.28. The number of benzene rings is 3. The number of methoxy groups -OCH3 is 1. The Labute approximate surface area is 174 Å². The first-order valence-electron chi connectivity index (χ1n) is 8.82. The van der Waals surface area contributed by atoms with Crippen LogP contribution in [0.25, 0.3) is 0 Å². The molecule has 3 aromatic rings. The average Bonchev–Trinajstić information content (AvgIpc) is 2.76. The molecule has 29 heavy (non-hydrogen) atoms. The zero-order valence-electron chi connectivity index (χ0n) is 15.7. The second-order valence-corrected chi connectivity index (χ2v) is 6.31. The van der Waals surface area contributed by atoms with Gasteiger partial charge in [0.1, 0.15) is 0 Å². The molecule has 0 aliphatic carbocycles. The number of anilines is 1. The van der Waals surface area contributed by atoms with E-state index in [4.69, 9.17) is 21.7 Å². The molecule has 0 saturated heterocycles. The predicted molar refractivity (Wildman–Crippen MR) is 116 cm³/mol. The topological polar surface area (TPSA) is 73.6 Å². The Morgan fingerprint density at radius 1 is 0.966 bits per heavy atom. The Kier molecular flexibility index (Phi) is 6.91. The minimum absolute atomic E-state index is 0.340. The fourth-order valence-electron chi connectivity index (χ4n) is 2.46. The number of hydrogen-bond acceptors (Lipinski definition) is 4. The number of carbonyl (C=O) groups is 1. The molecule has 3 aromatic carbocycles. The standard InChI is InChI=1S/C22H19N3O3S/c1-27-20-14-16(15-23-25-22(29)24-18-10-6-3-7-11-18)12-13-19(20)28-21(26)17-8-4-2-5-9-17/h2-15H,1H3,(H2,24,25,29)/p+1. The van der Waals surface area contributed by atoms with Crippen LogP contribution in [0.5, 0.6) is 11.5 Å². The van der Waals surface area contributed by atoms with Gasteiger partial charge < -0.3 is 14.8 Å². The number of para-hydroxylation sites is 1. The Morgan fingerprint density at radius 3 is 2.34 bits per heavy atom. The average molecular weight is 406 g/mol. The lowest BCUT2D eigenvalue weighted by Crippen LogP contribution is -2.82. The van der Waals surface area contributed by atoms with E-state index in [1.165, 1.54) is 7.11 Å². The molecule has 0 saturated carbocycles. The predicted octanol–water partition coefficient (Wildman–Crippen LogP) is 2.32. The summed E-state index contributed by atoms with van der Waals surface area (Å²) in [5.41, 5.74) is 5.03. The van der Waals surface area contributed by atoms with Gasteiger partial charge in [-0.2, -0.15) is 0 Å². The lowest BCUT2D eigenvalue weighted by atomic mass is 10.2. The van der Waals surface area contributed by atoms with Gasteiger partial charge in [0, 0.05) is 11.3 Å². The molecule has 0 amide bonds. The van der Waals surface area contributed by atoms with E-state index in [1.54, 1.807) is 48.7 Å². The van der Waals surface area contributed by atoms with Crippen LogP contribution in [0.2, 0.25) is 0 Å². The highest BCUT2D eigenvalue weighted by Gasteiger charge is 2.13. The van der Waals surface area contributed by atoms with Crippen LogP contribution in [-0.4, -0.2) is 24.4 Å². The molecule has 0 aromatic heterocycles. The second-order valence-electron chi connectivity index (χ2n) is 5.90. The Hall–Kier alpha value is -3.71. The normalized spacial score (nSPS) is 10.4. The van der Waals surface area contributed by atoms with Crippen molar-refractivity contribution >= 4 is 35.2 Å². The summed E-state index contributed by atoms with van der Waals surface area (Å²) in [6, 6.07) is 23.6. The Morgan fingerprint density at radius 2 is 1.66 bits per heavy atom. The van der Waals surface area contributed by atoms with E-state index < -0.39 is 5.97 Å². The quantitative estimate of drug-likeness (QED) is 0.192. The van der Waals surface area contributed by atoms with Gasteiger partial charge >= 0.3 is 5.97 Å². The third-order valence-electron chi connectivity index (χ3n) is 3.86. The van der Waals surface area contributed by atoms with Crippen molar-refractivity contribution in [2.45, 2.75) is 0 Å². The fraction of sp³-hybridized carbons (Fsp3) is 0.0455. The summed E-state index contributed by atoms with van der Waals surface area (Å²) in [6.45, 7) is 0. The molecule has 0 fully saturated rings. The molecule has 0 bridgehead atoms. The molecule has 0 aliphatic rings. The Balaban J connectivity index is 1.61. The molecular weight excluding hydrogens is 386 g/mol. The van der Waals surface area contributed by atoms with Gasteiger partial charge in [0.25, 0.3) is 0 Å². The van der Waals surface area contributed by atoms with Crippen LogP contribution in [0.15, 0.2) is 78.9 Å². The first kappa shape index (κ1) is 20.0. The molecule has 0 spiro atoms. The zero-order valence-corrected chi connectivity index (χ0v) is 16.5. The fourth-order valence-corrected chi connectivity index (χ4v) is 2.64. The SMILES string of the molecule is COc1cc(C=[NH+]NC(=S)Nc2ccccc2)ccc1OC(=O)c1ccccc1. The minimum atomic E-state index is -0.447. The number of rotatable bonds is 6. The van der Waals surface area contributed by atoms with Crippen molar-refractivity contribution in [3.63, 3.8) is 0 Å². The second kappa shape index (κ2) is 10.0. The van der Waals surface area contributed by atoms with Crippen molar-refractivity contribution < 1.29 is 19.4 Å². The van der Waals surface area contributed by atoms with Gasteiger partial charge in [0.2, 0.25) is 5.11 Å². The number of thiocarbonyl (C=S) groups is 1. The highest BCUT2D eigenvalue weighted by atomic mass is 32.1. The summed E-state index contributed by atoms with van der Waals surface area (Å²) in [4.78, 5) is 12.2.